The molecule has 154 valence electrons. The highest BCUT2D eigenvalue weighted by molar-refractivity contribution is 5.92. The number of nitrogens with zero attached hydrogens (tertiary/aromatic N) is 3. The van der Waals surface area contributed by atoms with Gasteiger partial charge in [0.15, 0.2) is 5.69 Å². The lowest BCUT2D eigenvalue weighted by Crippen LogP contribution is -2.39. The molecule has 8 heteroatoms. The predicted molar refractivity (Wildman–Crippen MR) is 109 cm³/mol. The quantitative estimate of drug-likeness (QED) is 0.490. The molecule has 1 N–H and O–H groups in total. The second-order valence-corrected chi connectivity index (χ2v) is 7.60. The van der Waals surface area contributed by atoms with Crippen molar-refractivity contribution in [1.29, 1.82) is 0 Å². The molecule has 1 aliphatic rings. The molecule has 0 unspecified atom stereocenters. The van der Waals surface area contributed by atoms with Crippen molar-refractivity contribution in [3.8, 4) is 5.69 Å². The number of hydrogen-bond acceptors (Lipinski definition) is 4. The van der Waals surface area contributed by atoms with Gasteiger partial charge in [-0.15, -0.1) is 0 Å². The third-order valence-electron chi connectivity index (χ3n) is 5.73. The normalized spacial score (nSPS) is 15.1. The Morgan fingerprint density at radius 1 is 1.17 bits per heavy atom. The Morgan fingerprint density at radius 3 is 2.60 bits per heavy atom. The van der Waals surface area contributed by atoms with Crippen molar-refractivity contribution in [2.75, 3.05) is 6.54 Å². The van der Waals surface area contributed by atoms with Gasteiger partial charge >= 0.3 is 0 Å². The lowest BCUT2D eigenvalue weighted by atomic mass is 9.79. The number of amides is 1. The molecule has 0 aliphatic heterocycles. The maximum atomic E-state index is 13.3. The first-order valence-corrected chi connectivity index (χ1v) is 9.82. The molecule has 7 nitrogen and oxygen atoms in total. The maximum absolute atomic E-state index is 13.3. The summed E-state index contributed by atoms with van der Waals surface area (Å²) in [7, 11) is 0. The second kappa shape index (κ2) is 8.06. The van der Waals surface area contributed by atoms with Crippen LogP contribution in [0.3, 0.4) is 0 Å². The van der Waals surface area contributed by atoms with Crippen LogP contribution < -0.4 is 5.32 Å². The fraction of sp³-hybridized carbons (Fsp3) is 0.273. The van der Waals surface area contributed by atoms with Crippen LogP contribution in [-0.4, -0.2) is 27.2 Å². The summed E-state index contributed by atoms with van der Waals surface area (Å²) >= 11 is 0. The Kier molecular flexibility index (Phi) is 5.31. The van der Waals surface area contributed by atoms with Gasteiger partial charge in [-0.05, 0) is 42.7 Å². The average Bonchev–Trinajstić information content (AvgIpc) is 3.43. The zero-order chi connectivity index (χ0) is 21.1. The minimum atomic E-state index is -0.475. The molecule has 4 rings (SSSR count). The van der Waals surface area contributed by atoms with Crippen LogP contribution in [0.5, 0.6) is 0 Å². The summed E-state index contributed by atoms with van der Waals surface area (Å²) in [6, 6.07) is 14.1. The smallest absolute Gasteiger partial charge is 0.271 e. The van der Waals surface area contributed by atoms with Crippen molar-refractivity contribution in [3.05, 3.63) is 88.0 Å². The van der Waals surface area contributed by atoms with Crippen LogP contribution in [0.4, 0.5) is 10.1 Å². The van der Waals surface area contributed by atoms with Gasteiger partial charge < -0.3 is 5.32 Å². The van der Waals surface area contributed by atoms with Gasteiger partial charge in [-0.25, -0.2) is 9.07 Å². The SMILES string of the molecule is O=C(NCC1(c2ccc(F)cc2)CCCC1)c1ccn(-c2cccc([N+](=O)[O-])c2)n1. The number of nitro benzene ring substituents is 1. The van der Waals surface area contributed by atoms with E-state index in [-0.39, 0.29) is 28.5 Å². The van der Waals surface area contributed by atoms with Gasteiger partial charge in [0.05, 0.1) is 10.6 Å². The Morgan fingerprint density at radius 2 is 1.90 bits per heavy atom. The number of carbonyl (C=O) groups excluding carboxylic acids is 1. The first-order chi connectivity index (χ1) is 14.5. The number of rotatable bonds is 6. The molecule has 1 fully saturated rings. The second-order valence-electron chi connectivity index (χ2n) is 7.60. The van der Waals surface area contributed by atoms with Crippen molar-refractivity contribution in [3.63, 3.8) is 0 Å². The van der Waals surface area contributed by atoms with Gasteiger partial charge in [-0.1, -0.05) is 31.0 Å². The van der Waals surface area contributed by atoms with Crippen LogP contribution in [-0.2, 0) is 5.41 Å². The standard InChI is InChI=1S/C22H21FN4O3/c23-17-8-6-16(7-9-17)22(11-1-2-12-22)15-24-21(28)20-10-13-26(25-20)18-4-3-5-19(14-18)27(29)30/h3-10,13-14H,1-2,11-12,15H2,(H,24,28). The van der Waals surface area contributed by atoms with Crippen LogP contribution in [0.2, 0.25) is 0 Å². The van der Waals surface area contributed by atoms with Gasteiger partial charge in [0.2, 0.25) is 0 Å². The van der Waals surface area contributed by atoms with Crippen LogP contribution >= 0.6 is 0 Å². The predicted octanol–water partition coefficient (Wildman–Crippen LogP) is 4.16. The van der Waals surface area contributed by atoms with Crippen molar-refractivity contribution in [1.82, 2.24) is 15.1 Å². The highest BCUT2D eigenvalue weighted by atomic mass is 19.1. The van der Waals surface area contributed by atoms with Crippen molar-refractivity contribution >= 4 is 11.6 Å². The van der Waals surface area contributed by atoms with E-state index in [1.54, 1.807) is 36.5 Å². The number of nitro groups is 1. The Hall–Kier alpha value is -3.55. The number of aromatic nitrogens is 2. The van der Waals surface area contributed by atoms with Gasteiger partial charge in [0.25, 0.3) is 11.6 Å². The summed E-state index contributed by atoms with van der Waals surface area (Å²) in [6.45, 7) is 0.446. The monoisotopic (exact) mass is 408 g/mol. The molecule has 1 saturated carbocycles. The van der Waals surface area contributed by atoms with Gasteiger partial charge in [-0.3, -0.25) is 14.9 Å². The van der Waals surface area contributed by atoms with Crippen LogP contribution in [0, 0.1) is 15.9 Å². The highest BCUT2D eigenvalue weighted by Crippen LogP contribution is 2.40. The first kappa shape index (κ1) is 19.8. The van der Waals surface area contributed by atoms with E-state index >= 15 is 0 Å². The lowest BCUT2D eigenvalue weighted by molar-refractivity contribution is -0.384. The fourth-order valence-corrected chi connectivity index (χ4v) is 4.10. The Balaban J connectivity index is 1.48. The van der Waals surface area contributed by atoms with Crippen molar-refractivity contribution in [2.24, 2.45) is 0 Å². The molecule has 0 atom stereocenters. The fourth-order valence-electron chi connectivity index (χ4n) is 4.10. The molecule has 1 heterocycles. The van der Waals surface area contributed by atoms with Gasteiger partial charge in [0, 0.05) is 30.3 Å². The summed E-state index contributed by atoms with van der Waals surface area (Å²) in [5, 5.41) is 18.2. The summed E-state index contributed by atoms with van der Waals surface area (Å²) in [5.41, 5.74) is 1.52. The zero-order valence-electron chi connectivity index (χ0n) is 16.3. The van der Waals surface area contributed by atoms with Crippen molar-refractivity contribution < 1.29 is 14.1 Å². The van der Waals surface area contributed by atoms with Crippen LogP contribution in [0.25, 0.3) is 5.69 Å². The highest BCUT2D eigenvalue weighted by Gasteiger charge is 2.36. The summed E-state index contributed by atoms with van der Waals surface area (Å²) in [5.74, 6) is -0.588. The third kappa shape index (κ3) is 3.94. The molecule has 3 aromatic rings. The minimum Gasteiger partial charge on any atom is -0.350 e. The largest absolute Gasteiger partial charge is 0.350 e. The van der Waals surface area contributed by atoms with E-state index in [1.807, 2.05) is 0 Å². The number of nitrogens with one attached hydrogen (secondary N) is 1. The van der Waals surface area contributed by atoms with E-state index in [2.05, 4.69) is 10.4 Å². The lowest BCUT2D eigenvalue weighted by Gasteiger charge is -2.30. The zero-order valence-corrected chi connectivity index (χ0v) is 16.3. The number of non-ortho nitro benzene ring substituents is 1. The molecule has 0 spiro atoms. The summed E-state index contributed by atoms with van der Waals surface area (Å²) in [6.07, 6.45) is 5.59. The molecular formula is C22H21FN4O3. The molecule has 2 aromatic carbocycles. The molecule has 0 bridgehead atoms. The topological polar surface area (TPSA) is 90.1 Å². The van der Waals surface area contributed by atoms with E-state index in [4.69, 9.17) is 0 Å². The molecule has 0 radical (unpaired) electrons. The van der Waals surface area contributed by atoms with E-state index in [1.165, 1.54) is 28.9 Å². The van der Waals surface area contributed by atoms with Crippen LogP contribution in [0.1, 0.15) is 41.7 Å². The molecule has 1 amide bonds. The van der Waals surface area contributed by atoms with E-state index in [0.29, 0.717) is 12.2 Å². The number of carbonyl (C=O) groups is 1. The van der Waals surface area contributed by atoms with E-state index in [9.17, 15) is 19.3 Å². The maximum Gasteiger partial charge on any atom is 0.271 e. The molecule has 30 heavy (non-hydrogen) atoms. The van der Waals surface area contributed by atoms with Gasteiger partial charge in [-0.2, -0.15) is 5.10 Å². The van der Waals surface area contributed by atoms with Gasteiger partial charge in [0.1, 0.15) is 5.82 Å². The first-order valence-electron chi connectivity index (χ1n) is 9.82. The average molecular weight is 408 g/mol. The van der Waals surface area contributed by atoms with Crippen LogP contribution in [0.15, 0.2) is 60.8 Å². The van der Waals surface area contributed by atoms with E-state index in [0.717, 1.165) is 31.2 Å². The molecule has 1 aliphatic carbocycles. The minimum absolute atomic E-state index is 0.0449. The Labute approximate surface area is 172 Å². The third-order valence-corrected chi connectivity index (χ3v) is 5.73. The number of halogens is 1. The summed E-state index contributed by atoms with van der Waals surface area (Å²) in [4.78, 5) is 23.2. The Bertz CT molecular complexity index is 1070. The summed E-state index contributed by atoms with van der Waals surface area (Å²) < 4.78 is 14.8. The molecular weight excluding hydrogens is 387 g/mol. The molecule has 1 aromatic heterocycles. The molecule has 0 saturated heterocycles. The number of benzene rings is 2. The van der Waals surface area contributed by atoms with Crippen molar-refractivity contribution in [2.45, 2.75) is 31.1 Å². The number of hydrogen-bond donors (Lipinski definition) is 1. The van der Waals surface area contributed by atoms with E-state index < -0.39 is 4.92 Å².